The van der Waals surface area contributed by atoms with Crippen LogP contribution in [0, 0.1) is 12.8 Å². The van der Waals surface area contributed by atoms with Gasteiger partial charge in [-0.2, -0.15) is 0 Å². The second-order valence-electron chi connectivity index (χ2n) is 5.88. The van der Waals surface area contributed by atoms with E-state index in [2.05, 4.69) is 43.4 Å². The van der Waals surface area contributed by atoms with Crippen molar-refractivity contribution in [2.24, 2.45) is 5.92 Å². The molecule has 0 heterocycles. The smallest absolute Gasteiger partial charge is 0.00683 e. The Morgan fingerprint density at radius 3 is 2.56 bits per heavy atom. The van der Waals surface area contributed by atoms with Crippen molar-refractivity contribution in [2.75, 3.05) is 6.54 Å². The van der Waals surface area contributed by atoms with Crippen molar-refractivity contribution in [3.8, 4) is 0 Å². The lowest BCUT2D eigenvalue weighted by Crippen LogP contribution is -2.26. The van der Waals surface area contributed by atoms with Crippen LogP contribution in [-0.4, -0.2) is 12.6 Å². The summed E-state index contributed by atoms with van der Waals surface area (Å²) in [4.78, 5) is 0. The van der Waals surface area contributed by atoms with Crippen molar-refractivity contribution in [3.05, 3.63) is 35.4 Å². The first-order valence-corrected chi connectivity index (χ1v) is 7.57. The first-order chi connectivity index (χ1) is 8.78. The van der Waals surface area contributed by atoms with Crippen LogP contribution in [0.5, 0.6) is 0 Å². The molecular weight excluding hydrogens is 218 g/mol. The second-order valence-corrected chi connectivity index (χ2v) is 5.88. The highest BCUT2D eigenvalue weighted by atomic mass is 14.9. The summed E-state index contributed by atoms with van der Waals surface area (Å²) >= 11 is 0. The zero-order chi connectivity index (χ0) is 12.8. The van der Waals surface area contributed by atoms with E-state index < -0.39 is 0 Å². The molecule has 0 aromatic heterocycles. The molecule has 1 heteroatoms. The van der Waals surface area contributed by atoms with E-state index in [0.717, 1.165) is 12.0 Å². The molecule has 1 atom stereocenters. The van der Waals surface area contributed by atoms with Crippen molar-refractivity contribution in [2.45, 2.75) is 58.4 Å². The Morgan fingerprint density at radius 2 is 1.94 bits per heavy atom. The molecule has 1 aliphatic carbocycles. The van der Waals surface area contributed by atoms with Gasteiger partial charge in [-0.1, -0.05) is 49.6 Å². The van der Waals surface area contributed by atoms with Gasteiger partial charge >= 0.3 is 0 Å². The minimum atomic E-state index is 0.813. The molecule has 0 bridgehead atoms. The molecule has 1 aromatic rings. The quantitative estimate of drug-likeness (QED) is 0.727. The summed E-state index contributed by atoms with van der Waals surface area (Å²) in [6.45, 7) is 5.66. The van der Waals surface area contributed by atoms with Crippen LogP contribution in [0.3, 0.4) is 0 Å². The van der Waals surface area contributed by atoms with Gasteiger partial charge in [0.25, 0.3) is 0 Å². The number of benzene rings is 1. The summed E-state index contributed by atoms with van der Waals surface area (Å²) in [5, 5.41) is 3.70. The third kappa shape index (κ3) is 4.81. The zero-order valence-corrected chi connectivity index (χ0v) is 11.9. The summed E-state index contributed by atoms with van der Waals surface area (Å²) in [5.41, 5.74) is 2.86. The van der Waals surface area contributed by atoms with E-state index in [-0.39, 0.29) is 0 Å². The molecule has 0 saturated heterocycles. The standard InChI is InChI=1S/C17H27N/c1-3-4-5-16(13-18-17-10-11-17)12-15-8-6-14(2)7-9-15/h6-9,16-18H,3-5,10-13H2,1-2H3. The number of nitrogens with one attached hydrogen (secondary N) is 1. The van der Waals surface area contributed by atoms with E-state index in [4.69, 9.17) is 0 Å². The third-order valence-corrected chi connectivity index (χ3v) is 3.88. The molecule has 100 valence electrons. The average molecular weight is 245 g/mol. The molecule has 18 heavy (non-hydrogen) atoms. The average Bonchev–Trinajstić information content (AvgIpc) is 3.19. The third-order valence-electron chi connectivity index (χ3n) is 3.88. The molecule has 0 radical (unpaired) electrons. The van der Waals surface area contributed by atoms with Crippen LogP contribution >= 0.6 is 0 Å². The van der Waals surface area contributed by atoms with Crippen molar-refractivity contribution >= 4 is 0 Å². The molecule has 0 aliphatic heterocycles. The Kier molecular flexibility index (Phi) is 5.25. The van der Waals surface area contributed by atoms with Crippen molar-refractivity contribution in [1.82, 2.24) is 5.32 Å². The van der Waals surface area contributed by atoms with E-state index in [1.165, 1.54) is 56.2 Å². The van der Waals surface area contributed by atoms with E-state index >= 15 is 0 Å². The van der Waals surface area contributed by atoms with Crippen LogP contribution in [0.2, 0.25) is 0 Å². The van der Waals surface area contributed by atoms with Crippen molar-refractivity contribution in [1.29, 1.82) is 0 Å². The number of unbranched alkanes of at least 4 members (excludes halogenated alkanes) is 1. The summed E-state index contributed by atoms with van der Waals surface area (Å²) < 4.78 is 0. The van der Waals surface area contributed by atoms with Gasteiger partial charge in [-0.15, -0.1) is 0 Å². The van der Waals surface area contributed by atoms with Gasteiger partial charge < -0.3 is 5.32 Å². The lowest BCUT2D eigenvalue weighted by molar-refractivity contribution is 0.427. The molecule has 1 saturated carbocycles. The predicted octanol–water partition coefficient (Wildman–Crippen LogP) is 4.10. The maximum atomic E-state index is 3.70. The van der Waals surface area contributed by atoms with Crippen molar-refractivity contribution < 1.29 is 0 Å². The monoisotopic (exact) mass is 245 g/mol. The molecule has 1 nitrogen and oxygen atoms in total. The van der Waals surface area contributed by atoms with Crippen LogP contribution in [-0.2, 0) is 6.42 Å². The lowest BCUT2D eigenvalue weighted by Gasteiger charge is -2.17. The minimum Gasteiger partial charge on any atom is -0.314 e. The summed E-state index contributed by atoms with van der Waals surface area (Å²) in [5.74, 6) is 0.813. The molecule has 1 unspecified atom stereocenters. The van der Waals surface area contributed by atoms with Gasteiger partial charge in [0.2, 0.25) is 0 Å². The first-order valence-electron chi connectivity index (χ1n) is 7.57. The second kappa shape index (κ2) is 6.94. The highest BCUT2D eigenvalue weighted by molar-refractivity contribution is 5.21. The van der Waals surface area contributed by atoms with Gasteiger partial charge in [0, 0.05) is 6.04 Å². The van der Waals surface area contributed by atoms with E-state index in [9.17, 15) is 0 Å². The van der Waals surface area contributed by atoms with Gasteiger partial charge in [-0.05, 0) is 50.6 Å². The summed E-state index contributed by atoms with van der Waals surface area (Å²) in [6, 6.07) is 9.91. The first kappa shape index (κ1) is 13.6. The van der Waals surface area contributed by atoms with Gasteiger partial charge in [0.15, 0.2) is 0 Å². The van der Waals surface area contributed by atoms with Gasteiger partial charge in [-0.3, -0.25) is 0 Å². The molecule has 1 aromatic carbocycles. The molecule has 1 N–H and O–H groups in total. The summed E-state index contributed by atoms with van der Waals surface area (Å²) in [7, 11) is 0. The minimum absolute atomic E-state index is 0.813. The molecule has 0 amide bonds. The normalized spacial score (nSPS) is 16.8. The highest BCUT2D eigenvalue weighted by Crippen LogP contribution is 2.21. The highest BCUT2D eigenvalue weighted by Gasteiger charge is 2.21. The van der Waals surface area contributed by atoms with Gasteiger partial charge in [0.05, 0.1) is 0 Å². The van der Waals surface area contributed by atoms with Crippen LogP contribution in [0.4, 0.5) is 0 Å². The fourth-order valence-corrected chi connectivity index (χ4v) is 2.45. The Balaban J connectivity index is 1.83. The Bertz CT molecular complexity index is 337. The number of aryl methyl sites for hydroxylation is 1. The topological polar surface area (TPSA) is 12.0 Å². The van der Waals surface area contributed by atoms with Crippen molar-refractivity contribution in [3.63, 3.8) is 0 Å². The van der Waals surface area contributed by atoms with E-state index in [1.54, 1.807) is 0 Å². The predicted molar refractivity (Wildman–Crippen MR) is 78.9 cm³/mol. The lowest BCUT2D eigenvalue weighted by atomic mass is 9.93. The largest absolute Gasteiger partial charge is 0.314 e. The number of rotatable bonds is 8. The van der Waals surface area contributed by atoms with Crippen LogP contribution in [0.15, 0.2) is 24.3 Å². The van der Waals surface area contributed by atoms with Crippen LogP contribution < -0.4 is 5.32 Å². The van der Waals surface area contributed by atoms with Crippen LogP contribution in [0.1, 0.15) is 50.2 Å². The van der Waals surface area contributed by atoms with E-state index in [0.29, 0.717) is 0 Å². The molecule has 1 aliphatic rings. The SMILES string of the molecule is CCCCC(CNC1CC1)Cc1ccc(C)cc1. The van der Waals surface area contributed by atoms with Crippen LogP contribution in [0.25, 0.3) is 0 Å². The molecule has 2 rings (SSSR count). The molecule has 0 spiro atoms. The maximum absolute atomic E-state index is 3.70. The Morgan fingerprint density at radius 1 is 1.22 bits per heavy atom. The molecular formula is C17H27N. The number of hydrogen-bond acceptors (Lipinski definition) is 1. The zero-order valence-electron chi connectivity index (χ0n) is 11.9. The fraction of sp³-hybridized carbons (Fsp3) is 0.647. The maximum Gasteiger partial charge on any atom is 0.00683 e. The van der Waals surface area contributed by atoms with E-state index in [1.807, 2.05) is 0 Å². The Hall–Kier alpha value is -0.820. The summed E-state index contributed by atoms with van der Waals surface area (Å²) in [6.07, 6.45) is 8.07. The Labute approximate surface area is 112 Å². The number of hydrogen-bond donors (Lipinski definition) is 1. The molecule has 1 fully saturated rings. The van der Waals surface area contributed by atoms with Gasteiger partial charge in [-0.25, -0.2) is 0 Å². The van der Waals surface area contributed by atoms with Gasteiger partial charge in [0.1, 0.15) is 0 Å². The fourth-order valence-electron chi connectivity index (χ4n) is 2.45.